The maximum Gasteiger partial charge on any atom is 0.224 e. The van der Waals surface area contributed by atoms with E-state index in [1.165, 1.54) is 16.7 Å². The number of allylic oxidation sites excluding steroid dienone is 1. The van der Waals surface area contributed by atoms with Crippen LogP contribution in [0.4, 0.5) is 5.69 Å². The number of rotatable bonds is 3. The molecule has 102 valence electrons. The number of carbonyl (C=O) groups is 1. The van der Waals surface area contributed by atoms with Crippen LogP contribution in [0.1, 0.15) is 30.9 Å². The number of amides is 1. The summed E-state index contributed by atoms with van der Waals surface area (Å²) in [6.45, 7) is 2.14. The first-order valence-electron chi connectivity index (χ1n) is 6.87. The first kappa shape index (κ1) is 12.7. The summed E-state index contributed by atoms with van der Waals surface area (Å²) in [4.78, 5) is 15.4. The number of nitrogens with one attached hydrogen (secondary N) is 1. The fourth-order valence-corrected chi connectivity index (χ4v) is 2.48. The molecule has 1 N–H and O–H groups in total. The first-order chi connectivity index (χ1) is 9.76. The van der Waals surface area contributed by atoms with E-state index in [4.69, 9.17) is 0 Å². The van der Waals surface area contributed by atoms with E-state index >= 15 is 0 Å². The number of anilines is 1. The van der Waals surface area contributed by atoms with Gasteiger partial charge in [-0.25, -0.2) is 4.98 Å². The maximum atomic E-state index is 11.4. The number of hydrogen-bond donors (Lipinski definition) is 1. The second kappa shape index (κ2) is 5.33. The van der Waals surface area contributed by atoms with Gasteiger partial charge in [-0.2, -0.15) is 0 Å². The van der Waals surface area contributed by atoms with Crippen molar-refractivity contribution >= 4 is 23.4 Å². The van der Waals surface area contributed by atoms with Crippen molar-refractivity contribution in [1.29, 1.82) is 0 Å². The summed E-state index contributed by atoms with van der Waals surface area (Å²) in [5.41, 5.74) is 4.62. The lowest BCUT2D eigenvalue weighted by molar-refractivity contribution is -0.116. The van der Waals surface area contributed by atoms with Crippen LogP contribution in [-0.2, 0) is 11.2 Å². The SMILES string of the molecule is CC/C(=C\n1ccnc1)c1ccc2c(c1)CCC(=O)N2. The molecule has 1 aliphatic rings. The standard InChI is InChI=1S/C16H17N3O/c1-2-12(10-19-8-7-17-11-19)13-3-5-15-14(9-13)4-6-16(20)18-15/h3,5,7-11H,2,4,6H2,1H3,(H,18,20)/b12-10+. The van der Waals surface area contributed by atoms with Gasteiger partial charge in [-0.05, 0) is 41.7 Å². The van der Waals surface area contributed by atoms with Crippen molar-refractivity contribution < 1.29 is 4.79 Å². The highest BCUT2D eigenvalue weighted by molar-refractivity contribution is 5.94. The monoisotopic (exact) mass is 267 g/mol. The summed E-state index contributed by atoms with van der Waals surface area (Å²) >= 11 is 0. The minimum Gasteiger partial charge on any atom is -0.326 e. The molecule has 0 spiro atoms. The Labute approximate surface area is 118 Å². The van der Waals surface area contributed by atoms with Crippen LogP contribution in [0.2, 0.25) is 0 Å². The third-order valence-electron chi connectivity index (χ3n) is 3.58. The van der Waals surface area contributed by atoms with Gasteiger partial charge in [-0.15, -0.1) is 0 Å². The van der Waals surface area contributed by atoms with Crippen LogP contribution in [0.15, 0.2) is 36.9 Å². The van der Waals surface area contributed by atoms with Gasteiger partial charge < -0.3 is 9.88 Å². The molecular formula is C16H17N3O. The fourth-order valence-electron chi connectivity index (χ4n) is 2.48. The maximum absolute atomic E-state index is 11.4. The molecule has 1 aliphatic heterocycles. The van der Waals surface area contributed by atoms with Gasteiger partial charge in [-0.1, -0.05) is 13.0 Å². The van der Waals surface area contributed by atoms with Gasteiger partial charge in [0.1, 0.15) is 0 Å². The van der Waals surface area contributed by atoms with Crippen LogP contribution < -0.4 is 5.32 Å². The zero-order valence-electron chi connectivity index (χ0n) is 11.5. The van der Waals surface area contributed by atoms with E-state index < -0.39 is 0 Å². The van der Waals surface area contributed by atoms with E-state index in [9.17, 15) is 4.79 Å². The number of nitrogens with zero attached hydrogens (tertiary/aromatic N) is 2. The molecule has 0 unspecified atom stereocenters. The molecule has 1 aromatic heterocycles. The van der Waals surface area contributed by atoms with Crippen molar-refractivity contribution in [2.45, 2.75) is 26.2 Å². The average molecular weight is 267 g/mol. The molecule has 0 radical (unpaired) electrons. The topological polar surface area (TPSA) is 46.9 Å². The van der Waals surface area contributed by atoms with Gasteiger partial charge in [0.05, 0.1) is 6.33 Å². The molecule has 1 aromatic carbocycles. The van der Waals surface area contributed by atoms with Gasteiger partial charge in [-0.3, -0.25) is 4.79 Å². The number of fused-ring (bicyclic) bond motifs is 1. The Balaban J connectivity index is 1.95. The first-order valence-corrected chi connectivity index (χ1v) is 6.87. The predicted octanol–water partition coefficient (Wildman–Crippen LogP) is 3.18. The molecule has 20 heavy (non-hydrogen) atoms. The van der Waals surface area contributed by atoms with E-state index in [-0.39, 0.29) is 5.91 Å². The Morgan fingerprint density at radius 2 is 2.35 bits per heavy atom. The minimum absolute atomic E-state index is 0.106. The Bertz CT molecular complexity index is 656. The number of aromatic nitrogens is 2. The second-order valence-electron chi connectivity index (χ2n) is 4.94. The van der Waals surface area contributed by atoms with Gasteiger partial charge in [0.25, 0.3) is 0 Å². The molecule has 0 saturated heterocycles. The molecule has 0 aliphatic carbocycles. The van der Waals surface area contributed by atoms with E-state index in [1.807, 2.05) is 16.8 Å². The zero-order chi connectivity index (χ0) is 13.9. The van der Waals surface area contributed by atoms with Crippen LogP contribution >= 0.6 is 0 Å². The Morgan fingerprint density at radius 3 is 3.10 bits per heavy atom. The summed E-state index contributed by atoms with van der Waals surface area (Å²) < 4.78 is 1.96. The lowest BCUT2D eigenvalue weighted by atomic mass is 9.96. The summed E-state index contributed by atoms with van der Waals surface area (Å²) in [6.07, 6.45) is 9.91. The van der Waals surface area contributed by atoms with Crippen molar-refractivity contribution in [1.82, 2.24) is 9.55 Å². The third kappa shape index (κ3) is 2.50. The van der Waals surface area contributed by atoms with E-state index in [0.29, 0.717) is 6.42 Å². The van der Waals surface area contributed by atoms with Crippen molar-refractivity contribution in [3.8, 4) is 0 Å². The fraction of sp³-hybridized carbons (Fsp3) is 0.250. The largest absolute Gasteiger partial charge is 0.326 e. The van der Waals surface area contributed by atoms with Crippen LogP contribution in [0, 0.1) is 0 Å². The van der Waals surface area contributed by atoms with Crippen molar-refractivity contribution in [2.24, 2.45) is 0 Å². The Hall–Kier alpha value is -2.36. The molecule has 3 rings (SSSR count). The van der Waals surface area contributed by atoms with Crippen molar-refractivity contribution in [2.75, 3.05) is 5.32 Å². The number of hydrogen-bond acceptors (Lipinski definition) is 2. The number of imidazole rings is 1. The van der Waals surface area contributed by atoms with Gasteiger partial charge in [0, 0.05) is 30.7 Å². The van der Waals surface area contributed by atoms with Crippen LogP contribution in [0.5, 0.6) is 0 Å². The highest BCUT2D eigenvalue weighted by Gasteiger charge is 2.15. The van der Waals surface area contributed by atoms with E-state index in [1.54, 1.807) is 12.5 Å². The van der Waals surface area contributed by atoms with Gasteiger partial charge >= 0.3 is 0 Å². The summed E-state index contributed by atoms with van der Waals surface area (Å²) in [6, 6.07) is 6.25. The van der Waals surface area contributed by atoms with Crippen LogP contribution in [0.25, 0.3) is 11.8 Å². The Kier molecular flexibility index (Phi) is 3.37. The quantitative estimate of drug-likeness (QED) is 0.928. The molecule has 2 heterocycles. The second-order valence-corrected chi connectivity index (χ2v) is 4.94. The van der Waals surface area contributed by atoms with Crippen molar-refractivity contribution in [3.05, 3.63) is 48.0 Å². The molecule has 0 saturated carbocycles. The highest BCUT2D eigenvalue weighted by atomic mass is 16.1. The predicted molar refractivity (Wildman–Crippen MR) is 80.1 cm³/mol. The highest BCUT2D eigenvalue weighted by Crippen LogP contribution is 2.28. The number of aryl methyl sites for hydroxylation is 1. The number of benzene rings is 1. The molecule has 0 atom stereocenters. The molecule has 4 nitrogen and oxygen atoms in total. The minimum atomic E-state index is 0.106. The summed E-state index contributed by atoms with van der Waals surface area (Å²) in [7, 11) is 0. The average Bonchev–Trinajstić information content (AvgIpc) is 2.97. The smallest absolute Gasteiger partial charge is 0.224 e. The molecule has 4 heteroatoms. The molecule has 0 fully saturated rings. The summed E-state index contributed by atoms with van der Waals surface area (Å²) in [5, 5.41) is 2.92. The summed E-state index contributed by atoms with van der Waals surface area (Å²) in [5.74, 6) is 0.106. The van der Waals surface area contributed by atoms with Crippen molar-refractivity contribution in [3.63, 3.8) is 0 Å². The number of carbonyl (C=O) groups excluding carboxylic acids is 1. The third-order valence-corrected chi connectivity index (χ3v) is 3.58. The van der Waals surface area contributed by atoms with Gasteiger partial charge in [0.2, 0.25) is 5.91 Å². The lowest BCUT2D eigenvalue weighted by Crippen LogP contribution is -2.18. The Morgan fingerprint density at radius 1 is 1.45 bits per heavy atom. The van der Waals surface area contributed by atoms with Crippen LogP contribution in [-0.4, -0.2) is 15.5 Å². The zero-order valence-corrected chi connectivity index (χ0v) is 11.5. The molecular weight excluding hydrogens is 250 g/mol. The molecule has 2 aromatic rings. The molecule has 1 amide bonds. The molecule has 0 bridgehead atoms. The normalized spacial score (nSPS) is 14.8. The lowest BCUT2D eigenvalue weighted by Gasteiger charge is -2.18. The van der Waals surface area contributed by atoms with Crippen LogP contribution in [0.3, 0.4) is 0 Å². The van der Waals surface area contributed by atoms with Gasteiger partial charge in [0.15, 0.2) is 0 Å². The van der Waals surface area contributed by atoms with E-state index in [0.717, 1.165) is 18.5 Å². The van der Waals surface area contributed by atoms with E-state index in [2.05, 4.69) is 35.6 Å².